The molecule has 6 nitrogen and oxygen atoms in total. The van der Waals surface area contributed by atoms with Crippen molar-refractivity contribution in [3.63, 3.8) is 0 Å². The molecule has 0 bridgehead atoms. The quantitative estimate of drug-likeness (QED) is 0.213. The van der Waals surface area contributed by atoms with Crippen LogP contribution in [-0.2, 0) is 5.60 Å². The van der Waals surface area contributed by atoms with Gasteiger partial charge in [-0.3, -0.25) is 4.98 Å². The van der Waals surface area contributed by atoms with E-state index in [0.29, 0.717) is 22.5 Å². The number of rotatable bonds is 2. The van der Waals surface area contributed by atoms with Crippen LogP contribution in [0.2, 0.25) is 0 Å². The Bertz CT molecular complexity index is 2040. The number of nitrogens with zero attached hydrogens (tertiary/aromatic N) is 4. The molecule has 0 amide bonds. The summed E-state index contributed by atoms with van der Waals surface area (Å²) in [5.74, 6) is 6.86. The van der Waals surface area contributed by atoms with Gasteiger partial charge in [-0.25, -0.2) is 4.98 Å². The van der Waals surface area contributed by atoms with E-state index >= 15 is 0 Å². The number of fused-ring (bicyclic) bond motifs is 6. The van der Waals surface area contributed by atoms with Crippen LogP contribution in [0.15, 0.2) is 79.1 Å². The van der Waals surface area contributed by atoms with Crippen molar-refractivity contribution >= 4 is 32.6 Å². The molecular weight excluding hydrogens is 482 g/mol. The molecule has 0 unspecified atom stereocenters. The number of pyridine rings is 1. The first-order valence-electron chi connectivity index (χ1n) is 12.3. The number of aliphatic hydroxyl groups is 1. The Morgan fingerprint density at radius 3 is 2.21 bits per heavy atom. The van der Waals surface area contributed by atoms with Crippen molar-refractivity contribution in [2.45, 2.75) is 19.4 Å². The first-order chi connectivity index (χ1) is 18.9. The highest BCUT2D eigenvalue weighted by Gasteiger charge is 2.21. The van der Waals surface area contributed by atoms with Crippen LogP contribution >= 0.6 is 0 Å². The van der Waals surface area contributed by atoms with Crippen LogP contribution in [0.1, 0.15) is 41.7 Å². The molecule has 0 radical (unpaired) electrons. The first kappa shape index (κ1) is 23.9. The van der Waals surface area contributed by atoms with Crippen LogP contribution in [0, 0.1) is 34.5 Å². The number of imidazole rings is 1. The van der Waals surface area contributed by atoms with Gasteiger partial charge in [0.2, 0.25) is 0 Å². The summed E-state index contributed by atoms with van der Waals surface area (Å²) >= 11 is 0. The minimum atomic E-state index is -1.03. The van der Waals surface area contributed by atoms with Crippen LogP contribution in [-0.4, -0.2) is 20.1 Å². The zero-order valence-corrected chi connectivity index (χ0v) is 21.2. The third kappa shape index (κ3) is 4.14. The lowest BCUT2D eigenvalue weighted by molar-refractivity contribution is 0.0787. The molecule has 6 aromatic rings. The molecule has 39 heavy (non-hydrogen) atoms. The van der Waals surface area contributed by atoms with E-state index in [1.54, 1.807) is 44.4 Å². The fraction of sp³-hybridized carbons (Fsp3) is 0.0909. The second kappa shape index (κ2) is 9.12. The molecule has 2 heterocycles. The highest BCUT2D eigenvalue weighted by atomic mass is 16.3. The summed E-state index contributed by atoms with van der Waals surface area (Å²) < 4.78 is 0. The molecule has 0 spiro atoms. The molecule has 2 N–H and O–H groups in total. The van der Waals surface area contributed by atoms with E-state index in [9.17, 15) is 15.6 Å². The summed E-state index contributed by atoms with van der Waals surface area (Å²) in [5, 5.41) is 33.9. The third-order valence-corrected chi connectivity index (χ3v) is 6.82. The Hall–Kier alpha value is -5.48. The smallest absolute Gasteiger partial charge is 0.141 e. The Morgan fingerprint density at radius 2 is 1.51 bits per heavy atom. The lowest BCUT2D eigenvalue weighted by atomic mass is 9.92. The van der Waals surface area contributed by atoms with E-state index < -0.39 is 5.60 Å². The van der Waals surface area contributed by atoms with E-state index in [0.717, 1.165) is 49.3 Å². The van der Waals surface area contributed by atoms with Gasteiger partial charge in [-0.15, -0.1) is 0 Å². The molecule has 4 aromatic carbocycles. The first-order valence-corrected chi connectivity index (χ1v) is 12.3. The second-order valence-corrected chi connectivity index (χ2v) is 9.83. The zero-order valence-electron chi connectivity index (χ0n) is 21.2. The summed E-state index contributed by atoms with van der Waals surface area (Å²) in [4.78, 5) is 12.5. The van der Waals surface area contributed by atoms with Gasteiger partial charge in [0.15, 0.2) is 0 Å². The van der Waals surface area contributed by atoms with Gasteiger partial charge in [0.25, 0.3) is 0 Å². The SMILES string of the molecule is CC(C)(O)c1ccc2c(c1)c1cc(C#Cc3cccnc3)ccc1c1[nH]c(-c3c(C#N)cccc3C#N)nc21. The van der Waals surface area contributed by atoms with Gasteiger partial charge in [-0.2, -0.15) is 10.5 Å². The number of hydrogen-bond acceptors (Lipinski definition) is 5. The van der Waals surface area contributed by atoms with Crippen LogP contribution in [0.25, 0.3) is 44.0 Å². The summed E-state index contributed by atoms with van der Waals surface area (Å²) in [6.45, 7) is 3.52. The van der Waals surface area contributed by atoms with Crippen molar-refractivity contribution in [1.82, 2.24) is 15.0 Å². The zero-order chi connectivity index (χ0) is 27.1. The van der Waals surface area contributed by atoms with E-state index in [2.05, 4.69) is 33.9 Å². The lowest BCUT2D eigenvalue weighted by Gasteiger charge is -2.19. The molecule has 0 saturated heterocycles. The molecule has 0 saturated carbocycles. The standard InChI is InChI=1S/C33H21N5O/c1-33(2,39)24-11-13-26-28(16-24)27-15-20(8-9-21-5-4-14-36-19-21)10-12-25(27)30-31(26)38-32(37-30)29-22(17-34)6-3-7-23(29)18-35/h3-7,10-16,19,39H,1-2H3,(H,37,38). The van der Waals surface area contributed by atoms with Crippen molar-refractivity contribution in [2.75, 3.05) is 0 Å². The van der Waals surface area contributed by atoms with E-state index in [1.165, 1.54) is 0 Å². The third-order valence-electron chi connectivity index (χ3n) is 6.82. The Labute approximate surface area is 224 Å². The monoisotopic (exact) mass is 503 g/mol. The molecule has 0 fully saturated rings. The van der Waals surface area contributed by atoms with Crippen LogP contribution < -0.4 is 0 Å². The number of aromatic amines is 1. The average molecular weight is 504 g/mol. The molecule has 2 aromatic heterocycles. The molecule has 184 valence electrons. The minimum absolute atomic E-state index is 0.374. The van der Waals surface area contributed by atoms with Gasteiger partial charge in [0.1, 0.15) is 5.82 Å². The van der Waals surface area contributed by atoms with E-state index in [4.69, 9.17) is 4.98 Å². The molecule has 0 aliphatic rings. The summed E-state index contributed by atoms with van der Waals surface area (Å²) in [6, 6.07) is 25.1. The van der Waals surface area contributed by atoms with Crippen LogP contribution in [0.5, 0.6) is 0 Å². The van der Waals surface area contributed by atoms with Crippen molar-refractivity contribution in [2.24, 2.45) is 0 Å². The molecule has 0 aliphatic carbocycles. The highest BCUT2D eigenvalue weighted by Crippen LogP contribution is 2.38. The van der Waals surface area contributed by atoms with Gasteiger partial charge in [-0.1, -0.05) is 36.1 Å². The predicted molar refractivity (Wildman–Crippen MR) is 151 cm³/mol. The molecule has 6 rings (SSSR count). The summed E-state index contributed by atoms with van der Waals surface area (Å²) in [6.07, 6.45) is 3.44. The summed E-state index contributed by atoms with van der Waals surface area (Å²) in [7, 11) is 0. The maximum Gasteiger partial charge on any atom is 0.141 e. The van der Waals surface area contributed by atoms with Crippen molar-refractivity contribution in [3.05, 3.63) is 107 Å². The van der Waals surface area contributed by atoms with Crippen molar-refractivity contribution in [1.29, 1.82) is 10.5 Å². The van der Waals surface area contributed by atoms with Crippen LogP contribution in [0.3, 0.4) is 0 Å². The molecule has 0 atom stereocenters. The average Bonchev–Trinajstić information content (AvgIpc) is 3.40. The highest BCUT2D eigenvalue weighted by molar-refractivity contribution is 6.24. The number of aromatic nitrogens is 3. The maximum atomic E-state index is 10.8. The van der Waals surface area contributed by atoms with Gasteiger partial charge >= 0.3 is 0 Å². The Morgan fingerprint density at radius 1 is 0.795 bits per heavy atom. The predicted octanol–water partition coefficient (Wildman–Crippen LogP) is 6.30. The fourth-order valence-corrected chi connectivity index (χ4v) is 4.87. The number of benzene rings is 4. The van der Waals surface area contributed by atoms with Crippen molar-refractivity contribution in [3.8, 4) is 35.4 Å². The Balaban J connectivity index is 1.67. The second-order valence-electron chi connectivity index (χ2n) is 9.83. The van der Waals surface area contributed by atoms with Crippen molar-refractivity contribution < 1.29 is 5.11 Å². The van der Waals surface area contributed by atoms with Gasteiger partial charge < -0.3 is 10.1 Å². The molecule has 6 heteroatoms. The maximum absolute atomic E-state index is 10.8. The van der Waals surface area contributed by atoms with Gasteiger partial charge in [0.05, 0.1) is 45.5 Å². The number of hydrogen-bond donors (Lipinski definition) is 2. The minimum Gasteiger partial charge on any atom is -0.386 e. The van der Waals surface area contributed by atoms with Crippen LogP contribution in [0.4, 0.5) is 0 Å². The largest absolute Gasteiger partial charge is 0.386 e. The van der Waals surface area contributed by atoms with E-state index in [-0.39, 0.29) is 0 Å². The number of nitriles is 2. The topological polar surface area (TPSA) is 109 Å². The Kier molecular flexibility index (Phi) is 5.59. The van der Waals surface area contributed by atoms with E-state index in [1.807, 2.05) is 48.5 Å². The number of H-pyrrole nitrogens is 1. The van der Waals surface area contributed by atoms with Gasteiger partial charge in [-0.05, 0) is 72.6 Å². The normalized spacial score (nSPS) is 11.2. The number of nitrogens with one attached hydrogen (secondary N) is 1. The van der Waals surface area contributed by atoms with Gasteiger partial charge in [0, 0.05) is 34.3 Å². The summed E-state index contributed by atoms with van der Waals surface area (Å²) in [5.41, 5.74) is 4.15. The lowest BCUT2D eigenvalue weighted by Crippen LogP contribution is -2.15. The molecular formula is C33H21N5O. The molecule has 0 aliphatic heterocycles. The fourth-order valence-electron chi connectivity index (χ4n) is 4.87.